The molecule has 2 aromatic carbocycles. The van der Waals surface area contributed by atoms with Crippen molar-refractivity contribution in [2.75, 3.05) is 21.3 Å². The van der Waals surface area contributed by atoms with E-state index in [1.807, 2.05) is 0 Å². The van der Waals surface area contributed by atoms with Gasteiger partial charge in [-0.05, 0) is 36.8 Å². The molecule has 140 valence electrons. The van der Waals surface area contributed by atoms with Crippen LogP contribution >= 0.6 is 0 Å². The molecule has 26 heavy (non-hydrogen) atoms. The van der Waals surface area contributed by atoms with Gasteiger partial charge < -0.3 is 14.2 Å². The minimum Gasteiger partial charge on any atom is -0.493 e. The van der Waals surface area contributed by atoms with E-state index < -0.39 is 10.0 Å². The van der Waals surface area contributed by atoms with Gasteiger partial charge in [0.25, 0.3) is 0 Å². The molecule has 0 aliphatic carbocycles. The van der Waals surface area contributed by atoms with E-state index in [4.69, 9.17) is 14.2 Å². The van der Waals surface area contributed by atoms with Crippen molar-refractivity contribution < 1.29 is 27.4 Å². The highest BCUT2D eigenvalue weighted by molar-refractivity contribution is 7.89. The first kappa shape index (κ1) is 19.7. The Balaban J connectivity index is 2.27. The predicted molar refractivity (Wildman–Crippen MR) is 96.6 cm³/mol. The number of ether oxygens (including phenoxy) is 3. The van der Waals surface area contributed by atoms with Crippen molar-refractivity contribution in [3.63, 3.8) is 0 Å². The molecule has 0 bridgehead atoms. The third-order valence-corrected chi connectivity index (χ3v) is 5.14. The summed E-state index contributed by atoms with van der Waals surface area (Å²) < 4.78 is 43.3. The Morgan fingerprint density at radius 3 is 2.12 bits per heavy atom. The van der Waals surface area contributed by atoms with Gasteiger partial charge in [0, 0.05) is 12.1 Å². The van der Waals surface area contributed by atoms with Crippen LogP contribution in [-0.2, 0) is 16.6 Å². The molecule has 0 fully saturated rings. The van der Waals surface area contributed by atoms with Crippen LogP contribution in [0.1, 0.15) is 22.8 Å². The maximum atomic E-state index is 12.5. The van der Waals surface area contributed by atoms with Crippen molar-refractivity contribution >= 4 is 15.8 Å². The fraction of sp³-hybridized carbons (Fsp3) is 0.278. The van der Waals surface area contributed by atoms with Gasteiger partial charge in [0.05, 0.1) is 26.2 Å². The molecule has 0 saturated heterocycles. The van der Waals surface area contributed by atoms with Crippen LogP contribution in [0.25, 0.3) is 0 Å². The number of nitrogens with one attached hydrogen (secondary N) is 1. The average Bonchev–Trinajstić information content (AvgIpc) is 2.65. The third kappa shape index (κ3) is 4.33. The lowest BCUT2D eigenvalue weighted by atomic mass is 10.2. The number of hydrogen-bond acceptors (Lipinski definition) is 6. The largest absolute Gasteiger partial charge is 0.493 e. The molecule has 0 amide bonds. The molecular weight excluding hydrogens is 358 g/mol. The summed E-state index contributed by atoms with van der Waals surface area (Å²) in [6, 6.07) is 9.21. The second-order valence-electron chi connectivity index (χ2n) is 5.44. The number of hydrogen-bond donors (Lipinski definition) is 1. The normalized spacial score (nSPS) is 11.1. The Kier molecular flexibility index (Phi) is 6.23. The van der Waals surface area contributed by atoms with Gasteiger partial charge in [-0.1, -0.05) is 12.1 Å². The molecule has 0 saturated carbocycles. The first-order valence-corrected chi connectivity index (χ1v) is 9.20. The number of sulfonamides is 1. The lowest BCUT2D eigenvalue weighted by Gasteiger charge is -2.14. The van der Waals surface area contributed by atoms with Gasteiger partial charge in [0.1, 0.15) is 0 Å². The molecule has 0 aliphatic rings. The Bertz CT molecular complexity index is 883. The number of methoxy groups -OCH3 is 3. The Labute approximate surface area is 152 Å². The molecule has 0 heterocycles. The van der Waals surface area contributed by atoms with E-state index in [0.717, 1.165) is 0 Å². The van der Waals surface area contributed by atoms with Crippen LogP contribution in [0.4, 0.5) is 0 Å². The maximum absolute atomic E-state index is 12.5. The minimum atomic E-state index is -3.78. The van der Waals surface area contributed by atoms with Crippen molar-refractivity contribution in [1.82, 2.24) is 4.72 Å². The predicted octanol–water partition coefficient (Wildman–Crippen LogP) is 2.39. The fourth-order valence-corrected chi connectivity index (χ4v) is 3.44. The van der Waals surface area contributed by atoms with Gasteiger partial charge in [0.15, 0.2) is 17.3 Å². The van der Waals surface area contributed by atoms with E-state index in [-0.39, 0.29) is 17.2 Å². The van der Waals surface area contributed by atoms with Crippen molar-refractivity contribution in [2.45, 2.75) is 18.4 Å². The third-order valence-electron chi connectivity index (χ3n) is 3.74. The summed E-state index contributed by atoms with van der Waals surface area (Å²) in [5.41, 5.74) is 0.964. The molecule has 8 heteroatoms. The van der Waals surface area contributed by atoms with E-state index in [1.54, 1.807) is 18.2 Å². The average molecular weight is 379 g/mol. The van der Waals surface area contributed by atoms with Gasteiger partial charge in [-0.3, -0.25) is 4.79 Å². The van der Waals surface area contributed by atoms with E-state index in [0.29, 0.717) is 28.4 Å². The fourth-order valence-electron chi connectivity index (χ4n) is 2.38. The quantitative estimate of drug-likeness (QED) is 0.708. The second kappa shape index (κ2) is 8.20. The van der Waals surface area contributed by atoms with E-state index in [9.17, 15) is 13.2 Å². The topological polar surface area (TPSA) is 90.9 Å². The lowest BCUT2D eigenvalue weighted by molar-refractivity contribution is 0.101. The van der Waals surface area contributed by atoms with Gasteiger partial charge in [0.2, 0.25) is 15.8 Å². The zero-order valence-electron chi connectivity index (χ0n) is 15.0. The standard InChI is InChI=1S/C18H21NO6S/c1-12(20)14-6-5-7-15(10-14)26(21,22)19-11-13-8-16(23-2)18(25-4)17(9-13)24-3/h5-10,19H,11H2,1-4H3. The zero-order chi connectivity index (χ0) is 19.3. The number of carbonyl (C=O) groups excluding carboxylic acids is 1. The van der Waals surface area contributed by atoms with Crippen LogP contribution in [0.5, 0.6) is 17.2 Å². The van der Waals surface area contributed by atoms with Crippen LogP contribution < -0.4 is 18.9 Å². The first-order valence-electron chi connectivity index (χ1n) is 7.72. The highest BCUT2D eigenvalue weighted by atomic mass is 32.2. The Morgan fingerprint density at radius 2 is 1.62 bits per heavy atom. The number of Topliss-reactive ketones (excluding diaryl/α,β-unsaturated/α-hetero) is 1. The van der Waals surface area contributed by atoms with Crippen LogP contribution in [-0.4, -0.2) is 35.5 Å². The summed E-state index contributed by atoms with van der Waals surface area (Å²) in [4.78, 5) is 11.5. The highest BCUT2D eigenvalue weighted by Gasteiger charge is 2.17. The van der Waals surface area contributed by atoms with Crippen LogP contribution in [0, 0.1) is 0 Å². The van der Waals surface area contributed by atoms with Crippen LogP contribution in [0.15, 0.2) is 41.3 Å². The molecule has 0 spiro atoms. The summed E-state index contributed by atoms with van der Waals surface area (Å²) >= 11 is 0. The molecule has 7 nitrogen and oxygen atoms in total. The zero-order valence-corrected chi connectivity index (χ0v) is 15.8. The Hall–Kier alpha value is -2.58. The summed E-state index contributed by atoms with van der Waals surface area (Å²) in [6.07, 6.45) is 0. The number of ketones is 1. The molecule has 0 aliphatic heterocycles. The Morgan fingerprint density at radius 1 is 1.00 bits per heavy atom. The maximum Gasteiger partial charge on any atom is 0.240 e. The number of rotatable bonds is 8. The van der Waals surface area contributed by atoms with Gasteiger partial charge in [-0.15, -0.1) is 0 Å². The van der Waals surface area contributed by atoms with Gasteiger partial charge in [-0.25, -0.2) is 13.1 Å². The molecule has 0 radical (unpaired) electrons. The van der Waals surface area contributed by atoms with E-state index in [2.05, 4.69) is 4.72 Å². The SMILES string of the molecule is COc1cc(CNS(=O)(=O)c2cccc(C(C)=O)c2)cc(OC)c1OC. The molecular formula is C18H21NO6S. The van der Waals surface area contributed by atoms with Crippen molar-refractivity contribution in [1.29, 1.82) is 0 Å². The van der Waals surface area contributed by atoms with E-state index in [1.165, 1.54) is 46.5 Å². The van der Waals surface area contributed by atoms with Crippen molar-refractivity contribution in [3.05, 3.63) is 47.5 Å². The first-order chi connectivity index (χ1) is 12.3. The molecule has 1 N–H and O–H groups in total. The lowest BCUT2D eigenvalue weighted by Crippen LogP contribution is -2.23. The van der Waals surface area contributed by atoms with Gasteiger partial charge >= 0.3 is 0 Å². The molecule has 2 rings (SSSR count). The highest BCUT2D eigenvalue weighted by Crippen LogP contribution is 2.38. The summed E-state index contributed by atoms with van der Waals surface area (Å²) in [5.74, 6) is 1.08. The van der Waals surface area contributed by atoms with Crippen molar-refractivity contribution in [2.24, 2.45) is 0 Å². The van der Waals surface area contributed by atoms with Crippen LogP contribution in [0.3, 0.4) is 0 Å². The monoisotopic (exact) mass is 379 g/mol. The summed E-state index contributed by atoms with van der Waals surface area (Å²) in [6.45, 7) is 1.40. The number of carbonyl (C=O) groups is 1. The smallest absolute Gasteiger partial charge is 0.240 e. The number of benzene rings is 2. The summed E-state index contributed by atoms with van der Waals surface area (Å²) in [7, 11) is 0.676. The molecule has 0 unspecified atom stereocenters. The molecule has 2 aromatic rings. The van der Waals surface area contributed by atoms with Crippen LogP contribution in [0.2, 0.25) is 0 Å². The minimum absolute atomic E-state index is 0.0172. The molecule has 0 atom stereocenters. The van der Waals surface area contributed by atoms with E-state index >= 15 is 0 Å². The van der Waals surface area contributed by atoms with Gasteiger partial charge in [-0.2, -0.15) is 0 Å². The molecule has 0 aromatic heterocycles. The van der Waals surface area contributed by atoms with Crippen molar-refractivity contribution in [3.8, 4) is 17.2 Å². The second-order valence-corrected chi connectivity index (χ2v) is 7.21. The summed E-state index contributed by atoms with van der Waals surface area (Å²) in [5, 5.41) is 0.